The van der Waals surface area contributed by atoms with Gasteiger partial charge in [-0.25, -0.2) is 0 Å². The first kappa shape index (κ1) is 29.7. The first-order valence-electron chi connectivity index (χ1n) is 13.8. The molecule has 11 nitrogen and oxygen atoms in total. The number of fused-ring (bicyclic) bond motifs is 1. The molecule has 1 aliphatic heterocycles. The molecule has 0 bridgehead atoms. The zero-order chi connectivity index (χ0) is 28.3. The monoisotopic (exact) mass is 534 g/mol. The summed E-state index contributed by atoms with van der Waals surface area (Å²) in [6.07, 6.45) is 1.89. The largest absolute Gasteiger partial charge is 0.383 e. The molecule has 2 aliphatic carbocycles. The number of rotatable bonds is 12. The number of aliphatic hydroxyl groups is 1. The van der Waals surface area contributed by atoms with Crippen molar-refractivity contribution in [3.8, 4) is 0 Å². The molecule has 1 heterocycles. The molecule has 0 aromatic rings. The number of hydrogen-bond donors (Lipinski definition) is 4. The summed E-state index contributed by atoms with van der Waals surface area (Å²) >= 11 is 0. The van der Waals surface area contributed by atoms with E-state index in [1.165, 1.54) is 4.90 Å². The SMILES string of the molecule is CCCC(NC(=O)C1[C@H]2CCC(=O)[C@H]2CN1C(=O)[C@@H](NC(=O)[C@@H](O)C(C)C)C(C)C)C(=O)C(=O)NC1CC1. The van der Waals surface area contributed by atoms with Gasteiger partial charge in [0.15, 0.2) is 0 Å². The number of nitrogens with zero attached hydrogens (tertiary/aromatic N) is 1. The van der Waals surface area contributed by atoms with Crippen molar-refractivity contribution in [3.63, 3.8) is 0 Å². The summed E-state index contributed by atoms with van der Waals surface area (Å²) in [5.74, 6) is -4.88. The number of Topliss-reactive ketones (excluding diaryl/α,β-unsaturated/α-hetero) is 2. The number of hydrogen-bond acceptors (Lipinski definition) is 7. The average molecular weight is 535 g/mol. The van der Waals surface area contributed by atoms with E-state index in [4.69, 9.17) is 0 Å². The van der Waals surface area contributed by atoms with Crippen LogP contribution in [0.1, 0.15) is 73.1 Å². The van der Waals surface area contributed by atoms with Crippen LogP contribution in [0.15, 0.2) is 0 Å². The first-order chi connectivity index (χ1) is 17.9. The quantitative estimate of drug-likeness (QED) is 0.258. The summed E-state index contributed by atoms with van der Waals surface area (Å²) in [7, 11) is 0. The third kappa shape index (κ3) is 6.59. The third-order valence-electron chi connectivity index (χ3n) is 7.82. The van der Waals surface area contributed by atoms with E-state index in [2.05, 4.69) is 16.0 Å². The van der Waals surface area contributed by atoms with Gasteiger partial charge in [-0.1, -0.05) is 41.0 Å². The zero-order valence-corrected chi connectivity index (χ0v) is 23.0. The van der Waals surface area contributed by atoms with Crippen LogP contribution in [-0.4, -0.2) is 82.0 Å². The van der Waals surface area contributed by atoms with Crippen molar-refractivity contribution in [3.05, 3.63) is 0 Å². The van der Waals surface area contributed by atoms with E-state index in [-0.39, 0.29) is 36.6 Å². The van der Waals surface area contributed by atoms with Gasteiger partial charge in [-0.2, -0.15) is 0 Å². The Morgan fingerprint density at radius 1 is 1.00 bits per heavy atom. The summed E-state index contributed by atoms with van der Waals surface area (Å²) < 4.78 is 0. The molecule has 4 N–H and O–H groups in total. The molecule has 3 fully saturated rings. The van der Waals surface area contributed by atoms with Crippen LogP contribution in [0.2, 0.25) is 0 Å². The van der Waals surface area contributed by atoms with Crippen molar-refractivity contribution in [2.24, 2.45) is 23.7 Å². The Kier molecular flexibility index (Phi) is 9.67. The van der Waals surface area contributed by atoms with Gasteiger partial charge in [-0.05, 0) is 37.5 Å². The van der Waals surface area contributed by atoms with Crippen molar-refractivity contribution in [1.82, 2.24) is 20.9 Å². The normalized spacial score (nSPS) is 25.1. The lowest BCUT2D eigenvalue weighted by molar-refractivity contribution is -0.146. The van der Waals surface area contributed by atoms with Crippen LogP contribution in [0.5, 0.6) is 0 Å². The standard InChI is InChI=1S/C27H42N4O7/c1-6-7-18(23(34)26(37)28-15-8-9-15)29-24(35)21-16-10-11-19(32)17(16)12-31(21)27(38)20(13(2)3)30-25(36)22(33)14(4)5/h13-18,20-22,33H,6-12H2,1-5H3,(H,28,37)(H,29,35)(H,30,36)/t16-,17-,18?,20-,21?,22-/m0/s1. The van der Waals surface area contributed by atoms with Gasteiger partial charge >= 0.3 is 0 Å². The van der Waals surface area contributed by atoms with Gasteiger partial charge in [0, 0.05) is 30.8 Å². The molecule has 1 saturated heterocycles. The summed E-state index contributed by atoms with van der Waals surface area (Å²) in [4.78, 5) is 79.2. The van der Waals surface area contributed by atoms with E-state index >= 15 is 0 Å². The number of likely N-dealkylation sites (tertiary alicyclic amines) is 1. The summed E-state index contributed by atoms with van der Waals surface area (Å²) in [6, 6.07) is -3.07. The Bertz CT molecular complexity index is 961. The van der Waals surface area contributed by atoms with Crippen LogP contribution in [0.4, 0.5) is 0 Å². The summed E-state index contributed by atoms with van der Waals surface area (Å²) in [5, 5.41) is 18.2. The van der Waals surface area contributed by atoms with Crippen LogP contribution in [0.25, 0.3) is 0 Å². The Morgan fingerprint density at radius 3 is 2.21 bits per heavy atom. The highest BCUT2D eigenvalue weighted by Gasteiger charge is 2.54. The fourth-order valence-electron chi connectivity index (χ4n) is 5.36. The molecular formula is C27H42N4O7. The topological polar surface area (TPSA) is 162 Å². The van der Waals surface area contributed by atoms with Crippen LogP contribution >= 0.6 is 0 Å². The molecule has 3 aliphatic rings. The number of nitrogens with one attached hydrogen (secondary N) is 3. The van der Waals surface area contributed by atoms with Gasteiger partial charge in [-0.3, -0.25) is 28.8 Å². The van der Waals surface area contributed by atoms with Gasteiger partial charge in [-0.15, -0.1) is 0 Å². The first-order valence-corrected chi connectivity index (χ1v) is 13.8. The van der Waals surface area contributed by atoms with Crippen LogP contribution in [0, 0.1) is 23.7 Å². The lowest BCUT2D eigenvalue weighted by Crippen LogP contribution is -2.59. The third-order valence-corrected chi connectivity index (χ3v) is 7.82. The molecule has 0 radical (unpaired) electrons. The maximum Gasteiger partial charge on any atom is 0.289 e. The molecular weight excluding hydrogens is 492 g/mol. The minimum absolute atomic E-state index is 0.00461. The van der Waals surface area contributed by atoms with E-state index < -0.39 is 65.5 Å². The predicted octanol–water partition coefficient (Wildman–Crippen LogP) is 0.0828. The molecule has 4 amide bonds. The fraction of sp³-hybridized carbons (Fsp3) is 0.778. The number of carbonyl (C=O) groups excluding carboxylic acids is 6. The van der Waals surface area contributed by atoms with E-state index in [1.807, 2.05) is 6.92 Å². The molecule has 0 aromatic heterocycles. The highest BCUT2D eigenvalue weighted by molar-refractivity contribution is 6.38. The molecule has 2 saturated carbocycles. The highest BCUT2D eigenvalue weighted by atomic mass is 16.3. The molecule has 6 atom stereocenters. The molecule has 212 valence electrons. The van der Waals surface area contributed by atoms with Crippen molar-refractivity contribution >= 4 is 35.2 Å². The average Bonchev–Trinajstić information content (AvgIpc) is 3.48. The summed E-state index contributed by atoms with van der Waals surface area (Å²) in [6.45, 7) is 8.74. The summed E-state index contributed by atoms with van der Waals surface area (Å²) in [5.41, 5.74) is 0. The maximum atomic E-state index is 13.8. The molecule has 3 rings (SSSR count). The lowest BCUT2D eigenvalue weighted by Gasteiger charge is -2.33. The van der Waals surface area contributed by atoms with Crippen molar-refractivity contribution in [2.45, 2.75) is 103 Å². The van der Waals surface area contributed by atoms with Gasteiger partial charge in [0.1, 0.15) is 24.0 Å². The Balaban J connectivity index is 1.82. The molecule has 0 aromatic carbocycles. The maximum absolute atomic E-state index is 13.8. The van der Waals surface area contributed by atoms with Gasteiger partial charge in [0.25, 0.3) is 5.91 Å². The number of carbonyl (C=O) groups is 6. The lowest BCUT2D eigenvalue weighted by atomic mass is 9.92. The van der Waals surface area contributed by atoms with Crippen molar-refractivity contribution in [2.75, 3.05) is 6.54 Å². The number of aliphatic hydroxyl groups excluding tert-OH is 1. The second-order valence-electron chi connectivity index (χ2n) is 11.6. The molecule has 0 spiro atoms. The second kappa shape index (κ2) is 12.4. The van der Waals surface area contributed by atoms with Crippen LogP contribution < -0.4 is 16.0 Å². The van der Waals surface area contributed by atoms with Gasteiger partial charge in [0.05, 0.1) is 6.04 Å². The smallest absolute Gasteiger partial charge is 0.289 e. The van der Waals surface area contributed by atoms with Crippen LogP contribution in [-0.2, 0) is 28.8 Å². The Morgan fingerprint density at radius 2 is 1.66 bits per heavy atom. The van der Waals surface area contributed by atoms with Crippen molar-refractivity contribution in [1.29, 1.82) is 0 Å². The second-order valence-corrected chi connectivity index (χ2v) is 11.6. The Hall–Kier alpha value is -2.82. The van der Waals surface area contributed by atoms with E-state index in [0.29, 0.717) is 19.3 Å². The predicted molar refractivity (Wildman–Crippen MR) is 137 cm³/mol. The minimum atomic E-state index is -1.30. The highest BCUT2D eigenvalue weighted by Crippen LogP contribution is 2.41. The number of amides is 4. The van der Waals surface area contributed by atoms with Gasteiger partial charge < -0.3 is 26.0 Å². The van der Waals surface area contributed by atoms with E-state index in [9.17, 15) is 33.9 Å². The van der Waals surface area contributed by atoms with Crippen molar-refractivity contribution < 1.29 is 33.9 Å². The Labute approximate surface area is 223 Å². The van der Waals surface area contributed by atoms with E-state index in [1.54, 1.807) is 27.7 Å². The zero-order valence-electron chi connectivity index (χ0n) is 23.0. The van der Waals surface area contributed by atoms with E-state index in [0.717, 1.165) is 12.8 Å². The molecule has 11 heteroatoms. The minimum Gasteiger partial charge on any atom is -0.383 e. The fourth-order valence-corrected chi connectivity index (χ4v) is 5.36. The van der Waals surface area contributed by atoms with Crippen LogP contribution in [0.3, 0.4) is 0 Å². The number of ketones is 2. The molecule has 38 heavy (non-hydrogen) atoms. The molecule has 2 unspecified atom stereocenters. The van der Waals surface area contributed by atoms with Gasteiger partial charge in [0.2, 0.25) is 23.5 Å².